The van der Waals surface area contributed by atoms with E-state index in [1.165, 1.54) is 6.07 Å². The second-order valence-electron chi connectivity index (χ2n) is 3.81. The summed E-state index contributed by atoms with van der Waals surface area (Å²) in [5.41, 5.74) is 5.49. The molecule has 1 aromatic carbocycles. The van der Waals surface area contributed by atoms with E-state index in [-0.39, 0.29) is 11.1 Å². The molecule has 100 valence electrons. The molecule has 6 heteroatoms. The highest BCUT2D eigenvalue weighted by atomic mass is 35.5. The van der Waals surface area contributed by atoms with Crippen molar-refractivity contribution in [2.45, 2.75) is 13.3 Å². The molecule has 0 bridgehead atoms. The highest BCUT2D eigenvalue weighted by Crippen LogP contribution is 2.24. The van der Waals surface area contributed by atoms with Crippen molar-refractivity contribution >= 4 is 17.5 Å². The van der Waals surface area contributed by atoms with Gasteiger partial charge in [0.05, 0.1) is 6.61 Å². The van der Waals surface area contributed by atoms with E-state index in [1.54, 1.807) is 12.1 Å². The van der Waals surface area contributed by atoms with Gasteiger partial charge in [-0.1, -0.05) is 18.5 Å². The third-order valence-electron chi connectivity index (χ3n) is 2.21. The second kappa shape index (κ2) is 6.24. The number of nitrogen functional groups attached to an aromatic ring is 1. The lowest BCUT2D eigenvalue weighted by Crippen LogP contribution is -1.97. The minimum atomic E-state index is 0.0744. The molecule has 0 aliphatic rings. The number of hydrogen-bond donors (Lipinski definition) is 1. The molecule has 0 aliphatic heterocycles. The fraction of sp³-hybridized carbons (Fsp3) is 0.231. The van der Waals surface area contributed by atoms with Crippen LogP contribution in [-0.2, 0) is 0 Å². The van der Waals surface area contributed by atoms with Crippen LogP contribution in [-0.4, -0.2) is 16.6 Å². The van der Waals surface area contributed by atoms with Crippen LogP contribution in [0.1, 0.15) is 13.3 Å². The lowest BCUT2D eigenvalue weighted by molar-refractivity contribution is 0.317. The summed E-state index contributed by atoms with van der Waals surface area (Å²) < 4.78 is 11.0. The van der Waals surface area contributed by atoms with Crippen molar-refractivity contribution in [3.05, 3.63) is 35.5 Å². The number of hydrogen-bond acceptors (Lipinski definition) is 5. The zero-order valence-electron chi connectivity index (χ0n) is 10.5. The lowest BCUT2D eigenvalue weighted by atomic mass is 10.3. The highest BCUT2D eigenvalue weighted by molar-refractivity contribution is 6.29. The van der Waals surface area contributed by atoms with E-state index in [1.807, 2.05) is 12.1 Å². The molecule has 0 saturated carbocycles. The van der Waals surface area contributed by atoms with Crippen molar-refractivity contribution in [1.29, 1.82) is 0 Å². The van der Waals surface area contributed by atoms with E-state index in [9.17, 15) is 0 Å². The smallest absolute Gasteiger partial charge is 0.225 e. The molecular weight excluding hydrogens is 266 g/mol. The first-order valence-corrected chi connectivity index (χ1v) is 6.26. The van der Waals surface area contributed by atoms with Crippen molar-refractivity contribution in [1.82, 2.24) is 9.97 Å². The highest BCUT2D eigenvalue weighted by Gasteiger charge is 2.03. The number of anilines is 1. The van der Waals surface area contributed by atoms with Crippen LogP contribution in [0.25, 0.3) is 0 Å². The average molecular weight is 280 g/mol. The Kier molecular flexibility index (Phi) is 4.41. The predicted octanol–water partition coefficient (Wildman–Crippen LogP) is 3.29. The van der Waals surface area contributed by atoms with Crippen LogP contribution < -0.4 is 15.2 Å². The summed E-state index contributed by atoms with van der Waals surface area (Å²) in [5, 5.41) is 0.241. The van der Waals surface area contributed by atoms with Crippen molar-refractivity contribution in [2.24, 2.45) is 0 Å². The number of halogens is 1. The zero-order chi connectivity index (χ0) is 13.7. The summed E-state index contributed by atoms with van der Waals surface area (Å²) in [6.07, 6.45) is 0.969. The maximum Gasteiger partial charge on any atom is 0.225 e. The molecule has 1 aromatic heterocycles. The molecule has 0 fully saturated rings. The van der Waals surface area contributed by atoms with Gasteiger partial charge < -0.3 is 15.2 Å². The minimum absolute atomic E-state index is 0.0744. The number of rotatable bonds is 5. The van der Waals surface area contributed by atoms with Gasteiger partial charge in [0.1, 0.15) is 16.7 Å². The zero-order valence-corrected chi connectivity index (χ0v) is 11.2. The molecule has 0 saturated heterocycles. The second-order valence-corrected chi connectivity index (χ2v) is 4.20. The molecule has 1 heterocycles. The summed E-state index contributed by atoms with van der Waals surface area (Å²) in [7, 11) is 0. The molecule has 2 rings (SSSR count). The van der Waals surface area contributed by atoms with Crippen LogP contribution in [0.5, 0.6) is 17.4 Å². The van der Waals surface area contributed by atoms with Crippen LogP contribution in [0.3, 0.4) is 0 Å². The topological polar surface area (TPSA) is 70.3 Å². The van der Waals surface area contributed by atoms with E-state index in [4.69, 9.17) is 26.8 Å². The van der Waals surface area contributed by atoms with Gasteiger partial charge in [-0.05, 0) is 30.7 Å². The minimum Gasteiger partial charge on any atom is -0.494 e. The van der Waals surface area contributed by atoms with Crippen LogP contribution >= 0.6 is 11.6 Å². The van der Waals surface area contributed by atoms with Crippen LogP contribution in [0.2, 0.25) is 5.15 Å². The first-order chi connectivity index (χ1) is 9.17. The monoisotopic (exact) mass is 279 g/mol. The molecular formula is C13H14ClN3O2. The van der Waals surface area contributed by atoms with Gasteiger partial charge in [0.25, 0.3) is 0 Å². The molecule has 0 radical (unpaired) electrons. The third-order valence-corrected chi connectivity index (χ3v) is 2.40. The number of benzene rings is 1. The van der Waals surface area contributed by atoms with Crippen molar-refractivity contribution < 1.29 is 9.47 Å². The molecule has 0 atom stereocenters. The van der Waals surface area contributed by atoms with Gasteiger partial charge in [0.15, 0.2) is 0 Å². The quantitative estimate of drug-likeness (QED) is 0.851. The normalized spacial score (nSPS) is 10.2. The standard InChI is InChI=1S/C13H14ClN3O2/c1-2-7-18-9-3-5-10(6-4-9)19-12-8-11(14)16-13(15)17-12/h3-6,8H,2,7H2,1H3,(H2,15,16,17). The molecule has 0 spiro atoms. The summed E-state index contributed by atoms with van der Waals surface area (Å²) >= 11 is 5.77. The Labute approximate surface area is 116 Å². The summed E-state index contributed by atoms with van der Waals surface area (Å²) in [5.74, 6) is 1.80. The molecule has 5 nitrogen and oxygen atoms in total. The van der Waals surface area contributed by atoms with Gasteiger partial charge in [-0.2, -0.15) is 4.98 Å². The van der Waals surface area contributed by atoms with E-state index < -0.39 is 0 Å². The van der Waals surface area contributed by atoms with Crippen LogP contribution in [0, 0.1) is 0 Å². The molecule has 2 N–H and O–H groups in total. The maximum absolute atomic E-state index is 5.77. The van der Waals surface area contributed by atoms with Gasteiger partial charge in [0, 0.05) is 6.07 Å². The number of nitrogens with two attached hydrogens (primary N) is 1. The first-order valence-electron chi connectivity index (χ1n) is 5.88. The molecule has 2 aromatic rings. The Hall–Kier alpha value is -2.01. The fourth-order valence-corrected chi connectivity index (χ4v) is 1.59. The molecule has 0 unspecified atom stereocenters. The van der Waals surface area contributed by atoms with Crippen LogP contribution in [0.15, 0.2) is 30.3 Å². The Bertz CT molecular complexity index is 526. The average Bonchev–Trinajstić information content (AvgIpc) is 2.37. The summed E-state index contributed by atoms with van der Waals surface area (Å²) in [6, 6.07) is 8.74. The third kappa shape index (κ3) is 3.99. The SMILES string of the molecule is CCCOc1ccc(Oc2cc(Cl)nc(N)n2)cc1. The van der Waals surface area contributed by atoms with Gasteiger partial charge in [-0.15, -0.1) is 0 Å². The molecule has 0 aliphatic carbocycles. The van der Waals surface area contributed by atoms with Crippen molar-refractivity contribution in [3.8, 4) is 17.4 Å². The predicted molar refractivity (Wildman–Crippen MR) is 73.8 cm³/mol. The summed E-state index contributed by atoms with van der Waals surface area (Å²) in [4.78, 5) is 7.69. The Balaban J connectivity index is 2.06. The van der Waals surface area contributed by atoms with Crippen molar-refractivity contribution in [2.75, 3.05) is 12.3 Å². The number of aromatic nitrogens is 2. The molecule has 19 heavy (non-hydrogen) atoms. The summed E-state index contributed by atoms with van der Waals surface area (Å²) in [6.45, 7) is 2.75. The Morgan fingerprint density at radius 3 is 2.47 bits per heavy atom. The van der Waals surface area contributed by atoms with E-state index >= 15 is 0 Å². The maximum atomic E-state index is 5.77. The van der Waals surface area contributed by atoms with Gasteiger partial charge >= 0.3 is 0 Å². The van der Waals surface area contributed by atoms with E-state index in [0.29, 0.717) is 18.2 Å². The fourth-order valence-electron chi connectivity index (χ4n) is 1.41. The number of ether oxygens (including phenoxy) is 2. The number of nitrogens with zero attached hydrogens (tertiary/aromatic N) is 2. The van der Waals surface area contributed by atoms with E-state index in [2.05, 4.69) is 16.9 Å². The lowest BCUT2D eigenvalue weighted by Gasteiger charge is -2.07. The Morgan fingerprint density at radius 2 is 1.84 bits per heavy atom. The van der Waals surface area contributed by atoms with Crippen LogP contribution in [0.4, 0.5) is 5.95 Å². The van der Waals surface area contributed by atoms with Crippen molar-refractivity contribution in [3.63, 3.8) is 0 Å². The van der Waals surface area contributed by atoms with Gasteiger partial charge in [-0.25, -0.2) is 4.98 Å². The van der Waals surface area contributed by atoms with Gasteiger partial charge in [0.2, 0.25) is 11.8 Å². The van der Waals surface area contributed by atoms with Gasteiger partial charge in [-0.3, -0.25) is 0 Å². The first kappa shape index (κ1) is 13.4. The molecule has 0 amide bonds. The largest absolute Gasteiger partial charge is 0.494 e. The Morgan fingerprint density at radius 1 is 1.16 bits per heavy atom. The van der Waals surface area contributed by atoms with E-state index in [0.717, 1.165) is 12.2 Å².